The van der Waals surface area contributed by atoms with E-state index in [1.165, 1.54) is 4.90 Å². The van der Waals surface area contributed by atoms with Crippen LogP contribution in [0, 0.1) is 6.92 Å². The highest BCUT2D eigenvalue weighted by molar-refractivity contribution is 8.00. The van der Waals surface area contributed by atoms with Crippen molar-refractivity contribution >= 4 is 40.6 Å². The van der Waals surface area contributed by atoms with Crippen LogP contribution in [0.25, 0.3) is 0 Å². The highest BCUT2D eigenvalue weighted by Crippen LogP contribution is 2.39. The molecule has 1 N–H and O–H groups in total. The van der Waals surface area contributed by atoms with Gasteiger partial charge < -0.3 is 10.2 Å². The molecule has 2 aromatic carbocycles. The van der Waals surface area contributed by atoms with Crippen LogP contribution in [-0.2, 0) is 4.79 Å². The summed E-state index contributed by atoms with van der Waals surface area (Å²) in [5, 5.41) is 4.13. The molecule has 1 aliphatic heterocycles. The highest BCUT2D eigenvalue weighted by Gasteiger charge is 2.25. The number of nitrogens with zero attached hydrogens (tertiary/aromatic N) is 1. The van der Waals surface area contributed by atoms with Crippen molar-refractivity contribution in [3.8, 4) is 0 Å². The largest absolute Gasteiger partial charge is 0.360 e. The first-order valence-corrected chi connectivity index (χ1v) is 9.39. The van der Waals surface area contributed by atoms with Gasteiger partial charge in [-0.2, -0.15) is 0 Å². The van der Waals surface area contributed by atoms with Crippen LogP contribution in [0.4, 0.5) is 11.4 Å². The van der Waals surface area contributed by atoms with Gasteiger partial charge in [0, 0.05) is 27.4 Å². The lowest BCUT2D eigenvalue weighted by Gasteiger charge is -2.34. The number of hydrogen-bond acceptors (Lipinski definition) is 3. The average molecular weight is 361 g/mol. The van der Waals surface area contributed by atoms with Crippen molar-refractivity contribution in [3.05, 3.63) is 53.1 Å². The fraction of sp³-hybridized carbons (Fsp3) is 0.316. The molecule has 1 heterocycles. The number of anilines is 2. The molecule has 1 unspecified atom stereocenters. The molecular weight excluding hydrogens is 340 g/mol. The summed E-state index contributed by atoms with van der Waals surface area (Å²) in [4.78, 5) is 16.0. The van der Waals surface area contributed by atoms with E-state index in [-0.39, 0.29) is 5.91 Å². The molecule has 0 aliphatic carbocycles. The Hall–Kier alpha value is -1.65. The van der Waals surface area contributed by atoms with Crippen molar-refractivity contribution in [1.29, 1.82) is 0 Å². The molecule has 24 heavy (non-hydrogen) atoms. The average Bonchev–Trinajstić information content (AvgIpc) is 2.58. The van der Waals surface area contributed by atoms with Gasteiger partial charge in [-0.05, 0) is 43.2 Å². The number of benzene rings is 2. The van der Waals surface area contributed by atoms with Crippen molar-refractivity contribution < 1.29 is 4.79 Å². The number of fused-ring (bicyclic) bond motifs is 1. The second-order valence-electron chi connectivity index (χ2n) is 6.00. The van der Waals surface area contributed by atoms with Gasteiger partial charge in [-0.25, -0.2) is 0 Å². The second-order valence-corrected chi connectivity index (χ2v) is 7.78. The molecule has 3 rings (SSSR count). The predicted octanol–water partition coefficient (Wildman–Crippen LogP) is 4.98. The van der Waals surface area contributed by atoms with Gasteiger partial charge in [0.25, 0.3) is 0 Å². The number of halogens is 1. The Labute approximate surface area is 152 Å². The van der Waals surface area contributed by atoms with Crippen LogP contribution in [0.5, 0.6) is 0 Å². The van der Waals surface area contributed by atoms with Gasteiger partial charge in [-0.3, -0.25) is 4.79 Å². The Bertz CT molecular complexity index is 750. The van der Waals surface area contributed by atoms with Gasteiger partial charge in [-0.15, -0.1) is 11.8 Å². The first-order valence-electron chi connectivity index (χ1n) is 8.13. The lowest BCUT2D eigenvalue weighted by atomic mass is 10.2. The lowest BCUT2D eigenvalue weighted by molar-refractivity contribution is -0.115. The predicted molar refractivity (Wildman–Crippen MR) is 103 cm³/mol. The topological polar surface area (TPSA) is 32.3 Å². The molecule has 0 radical (unpaired) electrons. The van der Waals surface area contributed by atoms with E-state index in [4.69, 9.17) is 11.6 Å². The van der Waals surface area contributed by atoms with Gasteiger partial charge in [0.2, 0.25) is 5.91 Å². The van der Waals surface area contributed by atoms with E-state index in [0.29, 0.717) is 16.8 Å². The van der Waals surface area contributed by atoms with Crippen molar-refractivity contribution in [3.63, 3.8) is 0 Å². The number of hydrogen-bond donors (Lipinski definition) is 1. The van der Waals surface area contributed by atoms with Crippen molar-refractivity contribution in [2.75, 3.05) is 23.3 Å². The van der Waals surface area contributed by atoms with Crippen molar-refractivity contribution in [2.24, 2.45) is 0 Å². The summed E-state index contributed by atoms with van der Waals surface area (Å²) in [6.07, 6.45) is 1.09. The number of carbonyl (C=O) groups is 1. The van der Waals surface area contributed by atoms with E-state index in [9.17, 15) is 4.79 Å². The number of nitrogens with one attached hydrogen (secondary N) is 1. The summed E-state index contributed by atoms with van der Waals surface area (Å²) < 4.78 is 0. The maximum atomic E-state index is 12.5. The molecule has 0 aromatic heterocycles. The molecule has 0 fully saturated rings. The van der Waals surface area contributed by atoms with Crippen LogP contribution in [0.15, 0.2) is 47.4 Å². The van der Waals surface area contributed by atoms with Gasteiger partial charge >= 0.3 is 0 Å². The highest BCUT2D eigenvalue weighted by atomic mass is 35.5. The van der Waals surface area contributed by atoms with E-state index in [0.717, 1.165) is 29.9 Å². The Morgan fingerprint density at radius 3 is 2.92 bits per heavy atom. The summed E-state index contributed by atoms with van der Waals surface area (Å²) >= 11 is 7.94. The SMILES string of the molecule is CCC1CN(CC(=O)Nc2cc(Cl)ccc2C)c2ccccc2S1. The van der Waals surface area contributed by atoms with E-state index in [1.54, 1.807) is 6.07 Å². The Morgan fingerprint density at radius 2 is 2.12 bits per heavy atom. The number of amides is 1. The quantitative estimate of drug-likeness (QED) is 0.834. The zero-order chi connectivity index (χ0) is 17.1. The molecule has 1 aliphatic rings. The van der Waals surface area contributed by atoms with Crippen molar-refractivity contribution in [2.45, 2.75) is 30.4 Å². The summed E-state index contributed by atoms with van der Waals surface area (Å²) in [5.74, 6) is -0.0167. The third-order valence-electron chi connectivity index (χ3n) is 4.19. The Kier molecular flexibility index (Phi) is 5.36. The molecule has 0 bridgehead atoms. The number of carbonyl (C=O) groups excluding carboxylic acids is 1. The van der Waals surface area contributed by atoms with Crippen LogP contribution in [-0.4, -0.2) is 24.2 Å². The molecule has 5 heteroatoms. The fourth-order valence-electron chi connectivity index (χ4n) is 2.83. The zero-order valence-corrected chi connectivity index (χ0v) is 15.5. The smallest absolute Gasteiger partial charge is 0.243 e. The van der Waals surface area contributed by atoms with Crippen LogP contribution in [0.1, 0.15) is 18.9 Å². The molecule has 1 amide bonds. The van der Waals surface area contributed by atoms with Gasteiger partial charge in [0.05, 0.1) is 12.2 Å². The summed E-state index contributed by atoms with van der Waals surface area (Å²) in [6.45, 7) is 5.39. The second kappa shape index (κ2) is 7.49. The normalized spacial score (nSPS) is 16.6. The Balaban J connectivity index is 1.75. The maximum absolute atomic E-state index is 12.5. The van der Waals surface area contributed by atoms with E-state index < -0.39 is 0 Å². The minimum Gasteiger partial charge on any atom is -0.360 e. The monoisotopic (exact) mass is 360 g/mol. The van der Waals surface area contributed by atoms with Crippen molar-refractivity contribution in [1.82, 2.24) is 0 Å². The van der Waals surface area contributed by atoms with Crippen LogP contribution < -0.4 is 10.2 Å². The summed E-state index contributed by atoms with van der Waals surface area (Å²) in [6, 6.07) is 13.8. The lowest BCUT2D eigenvalue weighted by Crippen LogP contribution is -2.40. The summed E-state index contributed by atoms with van der Waals surface area (Å²) in [7, 11) is 0. The third kappa shape index (κ3) is 3.87. The van der Waals surface area contributed by atoms with Crippen LogP contribution in [0.3, 0.4) is 0 Å². The minimum atomic E-state index is -0.0167. The molecule has 126 valence electrons. The molecule has 1 atom stereocenters. The number of rotatable bonds is 4. The number of para-hydroxylation sites is 1. The molecule has 0 saturated heterocycles. The van der Waals surface area contributed by atoms with Gasteiger partial charge in [-0.1, -0.05) is 36.7 Å². The first kappa shape index (κ1) is 17.2. The summed E-state index contributed by atoms with van der Waals surface area (Å²) in [5.41, 5.74) is 2.93. The molecule has 2 aromatic rings. The first-order chi connectivity index (χ1) is 11.6. The van der Waals surface area contributed by atoms with E-state index in [2.05, 4.69) is 35.3 Å². The van der Waals surface area contributed by atoms with Crippen LogP contribution >= 0.6 is 23.4 Å². The number of aryl methyl sites for hydroxylation is 1. The minimum absolute atomic E-state index is 0.0167. The molecule has 0 saturated carbocycles. The van der Waals surface area contributed by atoms with Crippen LogP contribution in [0.2, 0.25) is 5.02 Å². The van der Waals surface area contributed by atoms with Gasteiger partial charge in [0.15, 0.2) is 0 Å². The molecule has 3 nitrogen and oxygen atoms in total. The molecule has 0 spiro atoms. The number of thioether (sulfide) groups is 1. The van der Waals surface area contributed by atoms with E-state index >= 15 is 0 Å². The standard InChI is InChI=1S/C19H21ClN2OS/c1-3-15-11-22(17-6-4-5-7-18(17)24-15)12-19(23)21-16-10-14(20)9-8-13(16)2/h4-10,15H,3,11-12H2,1-2H3,(H,21,23). The fourth-order valence-corrected chi connectivity index (χ4v) is 4.26. The Morgan fingerprint density at radius 1 is 1.33 bits per heavy atom. The molecular formula is C19H21ClN2OS. The third-order valence-corrected chi connectivity index (χ3v) is 5.84. The van der Waals surface area contributed by atoms with Gasteiger partial charge in [0.1, 0.15) is 0 Å². The zero-order valence-electron chi connectivity index (χ0n) is 13.9. The maximum Gasteiger partial charge on any atom is 0.243 e. The van der Waals surface area contributed by atoms with E-state index in [1.807, 2.05) is 36.9 Å².